The summed E-state index contributed by atoms with van der Waals surface area (Å²) in [6, 6.07) is 21.6. The second kappa shape index (κ2) is 9.78. The SMILES string of the molecule is O=C(COc1ccc(Cl)cc1Cl)NN=Cc1cccc(Oc2ccccc2)c1. The van der Waals surface area contributed by atoms with Crippen molar-refractivity contribution in [2.45, 2.75) is 0 Å². The molecular formula is C21H16Cl2N2O3. The zero-order chi connectivity index (χ0) is 19.8. The Morgan fingerprint density at radius 1 is 0.964 bits per heavy atom. The first-order valence-electron chi connectivity index (χ1n) is 8.33. The number of carbonyl (C=O) groups is 1. The van der Waals surface area contributed by atoms with Crippen molar-refractivity contribution in [2.24, 2.45) is 5.10 Å². The van der Waals surface area contributed by atoms with Crippen molar-refractivity contribution in [3.63, 3.8) is 0 Å². The lowest BCUT2D eigenvalue weighted by Gasteiger charge is -2.07. The van der Waals surface area contributed by atoms with E-state index in [4.69, 9.17) is 32.7 Å². The van der Waals surface area contributed by atoms with E-state index in [1.807, 2.05) is 54.6 Å². The van der Waals surface area contributed by atoms with Crippen molar-refractivity contribution in [3.05, 3.63) is 88.4 Å². The van der Waals surface area contributed by atoms with Crippen LogP contribution in [0.15, 0.2) is 77.9 Å². The van der Waals surface area contributed by atoms with Gasteiger partial charge in [-0.1, -0.05) is 53.5 Å². The van der Waals surface area contributed by atoms with Gasteiger partial charge < -0.3 is 9.47 Å². The van der Waals surface area contributed by atoms with Crippen LogP contribution in [0.2, 0.25) is 10.0 Å². The molecule has 0 fully saturated rings. The first kappa shape index (κ1) is 19.7. The van der Waals surface area contributed by atoms with Gasteiger partial charge in [0, 0.05) is 5.02 Å². The molecule has 0 saturated heterocycles. The molecule has 0 atom stereocenters. The van der Waals surface area contributed by atoms with Crippen molar-refractivity contribution in [1.82, 2.24) is 5.43 Å². The highest BCUT2D eigenvalue weighted by Gasteiger charge is 2.06. The number of nitrogens with one attached hydrogen (secondary N) is 1. The van der Waals surface area contributed by atoms with Gasteiger partial charge in [0.1, 0.15) is 17.2 Å². The van der Waals surface area contributed by atoms with Crippen molar-refractivity contribution >= 4 is 35.3 Å². The minimum absolute atomic E-state index is 0.226. The Morgan fingerprint density at radius 3 is 2.54 bits per heavy atom. The van der Waals surface area contributed by atoms with E-state index in [-0.39, 0.29) is 6.61 Å². The number of amides is 1. The molecule has 5 nitrogen and oxygen atoms in total. The van der Waals surface area contributed by atoms with E-state index in [1.165, 1.54) is 6.21 Å². The van der Waals surface area contributed by atoms with Gasteiger partial charge in [-0.15, -0.1) is 0 Å². The number of ether oxygens (including phenoxy) is 2. The quantitative estimate of drug-likeness (QED) is 0.420. The Morgan fingerprint density at radius 2 is 1.75 bits per heavy atom. The molecule has 0 radical (unpaired) electrons. The zero-order valence-electron chi connectivity index (χ0n) is 14.6. The van der Waals surface area contributed by atoms with Crippen LogP contribution in [0.1, 0.15) is 5.56 Å². The molecule has 1 amide bonds. The maximum Gasteiger partial charge on any atom is 0.277 e. The van der Waals surface area contributed by atoms with Crippen LogP contribution in [0.25, 0.3) is 0 Å². The lowest BCUT2D eigenvalue weighted by atomic mass is 10.2. The third kappa shape index (κ3) is 6.01. The normalized spacial score (nSPS) is 10.6. The van der Waals surface area contributed by atoms with Crippen molar-refractivity contribution in [1.29, 1.82) is 0 Å². The van der Waals surface area contributed by atoms with E-state index in [9.17, 15) is 4.79 Å². The van der Waals surface area contributed by atoms with E-state index in [0.717, 1.165) is 11.3 Å². The van der Waals surface area contributed by atoms with Gasteiger partial charge in [0.2, 0.25) is 0 Å². The van der Waals surface area contributed by atoms with Crippen LogP contribution in [0, 0.1) is 0 Å². The van der Waals surface area contributed by atoms with Crippen molar-refractivity contribution in [2.75, 3.05) is 6.61 Å². The molecule has 0 aliphatic heterocycles. The summed E-state index contributed by atoms with van der Waals surface area (Å²) in [7, 11) is 0. The van der Waals surface area contributed by atoms with Gasteiger partial charge in [0.15, 0.2) is 6.61 Å². The van der Waals surface area contributed by atoms with Gasteiger partial charge >= 0.3 is 0 Å². The Hall–Kier alpha value is -3.02. The number of carbonyl (C=O) groups excluding carboxylic acids is 1. The number of nitrogens with zero attached hydrogens (tertiary/aromatic N) is 1. The number of hydrogen-bond donors (Lipinski definition) is 1. The minimum Gasteiger partial charge on any atom is -0.482 e. The first-order chi connectivity index (χ1) is 13.6. The minimum atomic E-state index is -0.418. The van der Waals surface area contributed by atoms with Crippen LogP contribution in [0.5, 0.6) is 17.2 Å². The Labute approximate surface area is 172 Å². The van der Waals surface area contributed by atoms with Gasteiger partial charge in [0.05, 0.1) is 11.2 Å². The molecule has 0 bridgehead atoms. The highest BCUT2D eigenvalue weighted by molar-refractivity contribution is 6.35. The molecular weight excluding hydrogens is 399 g/mol. The molecule has 28 heavy (non-hydrogen) atoms. The van der Waals surface area contributed by atoms with E-state index < -0.39 is 5.91 Å². The highest BCUT2D eigenvalue weighted by atomic mass is 35.5. The molecule has 3 rings (SSSR count). The fourth-order valence-corrected chi connectivity index (χ4v) is 2.69. The summed E-state index contributed by atoms with van der Waals surface area (Å²) in [5.74, 6) is 1.36. The first-order valence-corrected chi connectivity index (χ1v) is 9.08. The molecule has 0 unspecified atom stereocenters. The molecule has 0 heterocycles. The van der Waals surface area contributed by atoms with Crippen LogP contribution < -0.4 is 14.9 Å². The number of hydrazone groups is 1. The van der Waals surface area contributed by atoms with Gasteiger partial charge in [0.25, 0.3) is 5.91 Å². The van der Waals surface area contributed by atoms with Crippen LogP contribution in [0.4, 0.5) is 0 Å². The van der Waals surface area contributed by atoms with Gasteiger partial charge in [-0.3, -0.25) is 4.79 Å². The monoisotopic (exact) mass is 414 g/mol. The molecule has 1 N–H and O–H groups in total. The molecule has 0 saturated carbocycles. The number of halogens is 2. The van der Waals surface area contributed by atoms with Crippen molar-refractivity contribution < 1.29 is 14.3 Å². The van der Waals surface area contributed by atoms with Crippen LogP contribution in [-0.2, 0) is 4.79 Å². The molecule has 0 aromatic heterocycles. The lowest BCUT2D eigenvalue weighted by Crippen LogP contribution is -2.24. The van der Waals surface area contributed by atoms with Gasteiger partial charge in [-0.2, -0.15) is 5.10 Å². The molecule has 0 aliphatic carbocycles. The van der Waals surface area contributed by atoms with Gasteiger partial charge in [-0.25, -0.2) is 5.43 Å². The highest BCUT2D eigenvalue weighted by Crippen LogP contribution is 2.27. The maximum atomic E-state index is 11.8. The van der Waals surface area contributed by atoms with Crippen LogP contribution in [-0.4, -0.2) is 18.7 Å². The summed E-state index contributed by atoms with van der Waals surface area (Å²) in [5, 5.41) is 4.75. The Bertz CT molecular complexity index is 978. The van der Waals surface area contributed by atoms with Crippen LogP contribution >= 0.6 is 23.2 Å². The molecule has 3 aromatic rings. The Kier molecular flexibility index (Phi) is 6.89. The Balaban J connectivity index is 1.51. The number of para-hydroxylation sites is 1. The summed E-state index contributed by atoms with van der Waals surface area (Å²) < 4.78 is 11.1. The lowest BCUT2D eigenvalue weighted by molar-refractivity contribution is -0.123. The van der Waals surface area contributed by atoms with E-state index in [1.54, 1.807) is 18.2 Å². The van der Waals surface area contributed by atoms with Gasteiger partial charge in [-0.05, 0) is 48.0 Å². The fraction of sp³-hybridized carbons (Fsp3) is 0.0476. The standard InChI is InChI=1S/C21H16Cl2N2O3/c22-16-9-10-20(19(23)12-16)27-14-21(26)25-24-13-15-5-4-8-18(11-15)28-17-6-2-1-3-7-17/h1-13H,14H2,(H,25,26). The summed E-state index contributed by atoms with van der Waals surface area (Å²) in [6.45, 7) is -0.226. The topological polar surface area (TPSA) is 59.9 Å². The third-order valence-electron chi connectivity index (χ3n) is 3.49. The smallest absolute Gasteiger partial charge is 0.277 e. The second-order valence-electron chi connectivity index (χ2n) is 5.64. The number of rotatable bonds is 7. The molecule has 7 heteroatoms. The van der Waals surface area contributed by atoms with E-state index >= 15 is 0 Å². The largest absolute Gasteiger partial charge is 0.482 e. The predicted molar refractivity (Wildman–Crippen MR) is 111 cm³/mol. The summed E-state index contributed by atoms with van der Waals surface area (Å²) >= 11 is 11.8. The molecule has 142 valence electrons. The number of hydrogen-bond acceptors (Lipinski definition) is 4. The summed E-state index contributed by atoms with van der Waals surface area (Å²) in [4.78, 5) is 11.8. The average Bonchev–Trinajstić information content (AvgIpc) is 2.68. The maximum absolute atomic E-state index is 11.8. The fourth-order valence-electron chi connectivity index (χ4n) is 2.23. The second-order valence-corrected chi connectivity index (χ2v) is 6.49. The summed E-state index contributed by atoms with van der Waals surface area (Å²) in [5.41, 5.74) is 3.17. The van der Waals surface area contributed by atoms with Crippen LogP contribution in [0.3, 0.4) is 0 Å². The van der Waals surface area contributed by atoms with E-state index in [0.29, 0.717) is 21.5 Å². The third-order valence-corrected chi connectivity index (χ3v) is 4.02. The predicted octanol–water partition coefficient (Wildman–Crippen LogP) is 5.31. The summed E-state index contributed by atoms with van der Waals surface area (Å²) in [6.07, 6.45) is 1.52. The average molecular weight is 415 g/mol. The van der Waals surface area contributed by atoms with Crippen molar-refractivity contribution in [3.8, 4) is 17.2 Å². The number of benzene rings is 3. The molecule has 0 spiro atoms. The van der Waals surface area contributed by atoms with E-state index in [2.05, 4.69) is 10.5 Å². The molecule has 3 aromatic carbocycles. The zero-order valence-corrected chi connectivity index (χ0v) is 16.2. The molecule has 0 aliphatic rings.